The van der Waals surface area contributed by atoms with Crippen molar-refractivity contribution in [3.63, 3.8) is 0 Å². The minimum absolute atomic E-state index is 0.124. The van der Waals surface area contributed by atoms with E-state index in [9.17, 15) is 9.59 Å². The first-order valence-corrected chi connectivity index (χ1v) is 5.33. The van der Waals surface area contributed by atoms with E-state index in [0.29, 0.717) is 12.1 Å². The molecule has 0 aliphatic heterocycles. The maximum atomic E-state index is 11.4. The van der Waals surface area contributed by atoms with Gasteiger partial charge in [0.2, 0.25) is 11.8 Å². The molecule has 1 aromatic carbocycles. The summed E-state index contributed by atoms with van der Waals surface area (Å²) in [5.74, 6) is -0.0857. The first kappa shape index (κ1) is 10.7. The second-order valence-corrected chi connectivity index (χ2v) is 4.05. The average Bonchev–Trinajstić information content (AvgIpc) is 3.10. The van der Waals surface area contributed by atoms with Crippen LogP contribution in [0.1, 0.15) is 28.8 Å². The zero-order chi connectivity index (χ0) is 11.5. The van der Waals surface area contributed by atoms with Crippen molar-refractivity contribution in [1.29, 1.82) is 0 Å². The summed E-state index contributed by atoms with van der Waals surface area (Å²) in [4.78, 5) is 22.2. The molecule has 4 heteroatoms. The maximum Gasteiger partial charge on any atom is 0.248 e. The summed E-state index contributed by atoms with van der Waals surface area (Å²) in [5, 5.41) is 2.85. The Hall–Kier alpha value is -1.84. The van der Waals surface area contributed by atoms with Gasteiger partial charge in [-0.05, 0) is 30.5 Å². The smallest absolute Gasteiger partial charge is 0.248 e. The third-order valence-corrected chi connectivity index (χ3v) is 2.65. The zero-order valence-electron chi connectivity index (χ0n) is 8.90. The van der Waals surface area contributed by atoms with Crippen LogP contribution in [-0.2, 0) is 11.3 Å². The maximum absolute atomic E-state index is 11.4. The predicted molar refractivity (Wildman–Crippen MR) is 59.5 cm³/mol. The minimum Gasteiger partial charge on any atom is -0.366 e. The van der Waals surface area contributed by atoms with E-state index >= 15 is 0 Å². The quantitative estimate of drug-likeness (QED) is 0.785. The number of amides is 2. The van der Waals surface area contributed by atoms with Gasteiger partial charge in [-0.15, -0.1) is 0 Å². The average molecular weight is 218 g/mol. The summed E-state index contributed by atoms with van der Waals surface area (Å²) in [7, 11) is 0. The summed E-state index contributed by atoms with van der Waals surface area (Å²) in [5.41, 5.74) is 6.58. The van der Waals surface area contributed by atoms with Crippen molar-refractivity contribution in [1.82, 2.24) is 5.32 Å². The van der Waals surface area contributed by atoms with Crippen molar-refractivity contribution in [2.75, 3.05) is 0 Å². The summed E-state index contributed by atoms with van der Waals surface area (Å²) < 4.78 is 0. The number of rotatable bonds is 4. The first-order chi connectivity index (χ1) is 7.66. The second kappa shape index (κ2) is 4.35. The molecule has 84 valence electrons. The molecular formula is C12H14N2O2. The molecule has 1 saturated carbocycles. The Morgan fingerprint density at radius 2 is 1.88 bits per heavy atom. The van der Waals surface area contributed by atoms with Crippen LogP contribution in [0.4, 0.5) is 0 Å². The fourth-order valence-electron chi connectivity index (χ4n) is 1.47. The lowest BCUT2D eigenvalue weighted by Crippen LogP contribution is -2.24. The molecule has 1 aliphatic carbocycles. The number of carbonyl (C=O) groups excluding carboxylic acids is 2. The van der Waals surface area contributed by atoms with E-state index in [1.807, 2.05) is 0 Å². The van der Waals surface area contributed by atoms with E-state index in [1.165, 1.54) is 0 Å². The van der Waals surface area contributed by atoms with Gasteiger partial charge in [0.15, 0.2) is 0 Å². The number of carbonyl (C=O) groups is 2. The molecule has 0 spiro atoms. The summed E-state index contributed by atoms with van der Waals surface area (Å²) in [6.45, 7) is 0.508. The number of hydrogen-bond donors (Lipinski definition) is 2. The van der Waals surface area contributed by atoms with Crippen molar-refractivity contribution < 1.29 is 9.59 Å². The van der Waals surface area contributed by atoms with Gasteiger partial charge in [-0.25, -0.2) is 0 Å². The van der Waals surface area contributed by atoms with E-state index in [2.05, 4.69) is 5.32 Å². The normalized spacial score (nSPS) is 14.5. The summed E-state index contributed by atoms with van der Waals surface area (Å²) >= 11 is 0. The van der Waals surface area contributed by atoms with Crippen molar-refractivity contribution in [3.05, 3.63) is 35.4 Å². The monoisotopic (exact) mass is 218 g/mol. The van der Waals surface area contributed by atoms with E-state index in [0.717, 1.165) is 18.4 Å². The molecule has 16 heavy (non-hydrogen) atoms. The highest BCUT2D eigenvalue weighted by Gasteiger charge is 2.29. The highest BCUT2D eigenvalue weighted by Crippen LogP contribution is 2.28. The summed E-state index contributed by atoms with van der Waals surface area (Å²) in [6.07, 6.45) is 2.01. The van der Waals surface area contributed by atoms with Gasteiger partial charge in [0.05, 0.1) is 0 Å². The molecule has 3 N–H and O–H groups in total. The first-order valence-electron chi connectivity index (χ1n) is 5.33. The SMILES string of the molecule is NC(=O)c1ccc(CNC(=O)C2CC2)cc1. The van der Waals surface area contributed by atoms with E-state index < -0.39 is 5.91 Å². The highest BCUT2D eigenvalue weighted by molar-refractivity contribution is 5.92. The molecule has 0 radical (unpaired) electrons. The van der Waals surface area contributed by atoms with Crippen LogP contribution in [0.15, 0.2) is 24.3 Å². The van der Waals surface area contributed by atoms with Crippen molar-refractivity contribution in [2.24, 2.45) is 11.7 Å². The van der Waals surface area contributed by atoms with Crippen LogP contribution in [0.5, 0.6) is 0 Å². The van der Waals surface area contributed by atoms with Crippen LogP contribution >= 0.6 is 0 Å². The van der Waals surface area contributed by atoms with Crippen LogP contribution < -0.4 is 11.1 Å². The molecule has 0 aromatic heterocycles. The largest absolute Gasteiger partial charge is 0.366 e. The molecule has 0 heterocycles. The van der Waals surface area contributed by atoms with Gasteiger partial charge in [0.1, 0.15) is 0 Å². The molecule has 0 saturated heterocycles. The molecule has 4 nitrogen and oxygen atoms in total. The molecule has 0 unspecified atom stereocenters. The number of primary amides is 1. The third-order valence-electron chi connectivity index (χ3n) is 2.65. The van der Waals surface area contributed by atoms with Gasteiger partial charge in [0.25, 0.3) is 0 Å². The van der Waals surface area contributed by atoms with Gasteiger partial charge >= 0.3 is 0 Å². The van der Waals surface area contributed by atoms with Crippen LogP contribution in [0.25, 0.3) is 0 Å². The van der Waals surface area contributed by atoms with Crippen LogP contribution in [0.3, 0.4) is 0 Å². The zero-order valence-corrected chi connectivity index (χ0v) is 8.90. The van der Waals surface area contributed by atoms with Crippen molar-refractivity contribution >= 4 is 11.8 Å². The third kappa shape index (κ3) is 2.59. The Bertz CT molecular complexity index is 408. The molecule has 0 bridgehead atoms. The second-order valence-electron chi connectivity index (χ2n) is 4.05. The van der Waals surface area contributed by atoms with Gasteiger partial charge < -0.3 is 11.1 Å². The lowest BCUT2D eigenvalue weighted by atomic mass is 10.1. The van der Waals surface area contributed by atoms with E-state index in [1.54, 1.807) is 24.3 Å². The Kier molecular flexibility index (Phi) is 2.90. The van der Waals surface area contributed by atoms with Crippen molar-refractivity contribution in [2.45, 2.75) is 19.4 Å². The Morgan fingerprint density at radius 3 is 2.38 bits per heavy atom. The molecule has 2 amide bonds. The summed E-state index contributed by atoms with van der Waals surface area (Å²) in [6, 6.07) is 6.93. The van der Waals surface area contributed by atoms with E-state index in [4.69, 9.17) is 5.73 Å². The van der Waals surface area contributed by atoms with Crippen LogP contribution in [-0.4, -0.2) is 11.8 Å². The molecular weight excluding hydrogens is 204 g/mol. The van der Waals surface area contributed by atoms with Gasteiger partial charge in [0, 0.05) is 18.0 Å². The standard InChI is InChI=1S/C12H14N2O2/c13-11(15)9-3-1-8(2-4-9)7-14-12(16)10-5-6-10/h1-4,10H,5-7H2,(H2,13,15)(H,14,16). The van der Waals surface area contributed by atoms with Crippen LogP contribution in [0.2, 0.25) is 0 Å². The number of nitrogens with two attached hydrogens (primary N) is 1. The molecule has 1 aromatic rings. The predicted octanol–water partition coefficient (Wildman–Crippen LogP) is 0.812. The Morgan fingerprint density at radius 1 is 1.25 bits per heavy atom. The Balaban J connectivity index is 1.89. The van der Waals surface area contributed by atoms with Gasteiger partial charge in [-0.1, -0.05) is 12.1 Å². The molecule has 1 fully saturated rings. The highest BCUT2D eigenvalue weighted by atomic mass is 16.2. The van der Waals surface area contributed by atoms with E-state index in [-0.39, 0.29) is 11.8 Å². The fraction of sp³-hybridized carbons (Fsp3) is 0.333. The number of nitrogens with one attached hydrogen (secondary N) is 1. The van der Waals surface area contributed by atoms with Gasteiger partial charge in [-0.3, -0.25) is 9.59 Å². The minimum atomic E-state index is -0.437. The molecule has 1 aliphatic rings. The van der Waals surface area contributed by atoms with Gasteiger partial charge in [-0.2, -0.15) is 0 Å². The molecule has 0 atom stereocenters. The fourth-order valence-corrected chi connectivity index (χ4v) is 1.47. The number of benzene rings is 1. The van der Waals surface area contributed by atoms with Crippen molar-refractivity contribution in [3.8, 4) is 0 Å². The lowest BCUT2D eigenvalue weighted by molar-refractivity contribution is -0.122. The lowest BCUT2D eigenvalue weighted by Gasteiger charge is -2.04. The Labute approximate surface area is 93.8 Å². The van der Waals surface area contributed by atoms with Crippen LogP contribution in [0, 0.1) is 5.92 Å². The number of hydrogen-bond acceptors (Lipinski definition) is 2. The molecule has 2 rings (SSSR count). The topological polar surface area (TPSA) is 72.2 Å².